The van der Waals surface area contributed by atoms with Gasteiger partial charge in [0.05, 0.1) is 23.1 Å². The van der Waals surface area contributed by atoms with Crippen LogP contribution in [0.1, 0.15) is 44.1 Å². The molecule has 25 heavy (non-hydrogen) atoms. The lowest BCUT2D eigenvalue weighted by molar-refractivity contribution is -0.0960. The molecule has 0 N–H and O–H groups in total. The number of likely N-dealkylation sites (tertiary alicyclic amines) is 1. The van der Waals surface area contributed by atoms with Gasteiger partial charge in [-0.05, 0) is 48.6 Å². The summed E-state index contributed by atoms with van der Waals surface area (Å²) in [4.78, 5) is 15.7. The third-order valence-corrected chi connectivity index (χ3v) is 6.55. The summed E-state index contributed by atoms with van der Waals surface area (Å²) < 4.78 is 6.25. The number of aldehydes is 1. The Morgan fingerprint density at radius 2 is 2.04 bits per heavy atom. The molecule has 0 amide bonds. The van der Waals surface area contributed by atoms with E-state index in [0.717, 1.165) is 56.7 Å². The molecule has 4 nitrogen and oxygen atoms in total. The van der Waals surface area contributed by atoms with Gasteiger partial charge >= 0.3 is 0 Å². The van der Waals surface area contributed by atoms with E-state index < -0.39 is 0 Å². The van der Waals surface area contributed by atoms with Crippen LogP contribution in [0, 0.1) is 11.3 Å². The summed E-state index contributed by atoms with van der Waals surface area (Å²) in [6, 6.07) is 12.0. The number of benzene rings is 1. The molecule has 4 rings (SSSR count). The van der Waals surface area contributed by atoms with Gasteiger partial charge in [0.1, 0.15) is 5.60 Å². The highest BCUT2D eigenvalue weighted by Gasteiger charge is 2.42. The van der Waals surface area contributed by atoms with E-state index in [4.69, 9.17) is 10.00 Å². The van der Waals surface area contributed by atoms with Gasteiger partial charge in [0.15, 0.2) is 6.29 Å². The molecule has 1 saturated heterocycles. The molecule has 0 unspecified atom stereocenters. The first kappa shape index (κ1) is 16.5. The van der Waals surface area contributed by atoms with Crippen LogP contribution in [0.2, 0.25) is 0 Å². The highest BCUT2D eigenvalue weighted by atomic mass is 32.1. The second-order valence-corrected chi connectivity index (χ2v) is 7.88. The summed E-state index contributed by atoms with van der Waals surface area (Å²) in [5, 5.41) is 8.90. The fourth-order valence-corrected chi connectivity index (χ4v) is 5.11. The van der Waals surface area contributed by atoms with Crippen molar-refractivity contribution in [1.29, 1.82) is 5.26 Å². The van der Waals surface area contributed by atoms with E-state index in [2.05, 4.69) is 11.0 Å². The average molecular weight is 352 g/mol. The summed E-state index contributed by atoms with van der Waals surface area (Å²) in [6.45, 7) is 3.61. The van der Waals surface area contributed by atoms with Crippen LogP contribution < -0.4 is 0 Å². The van der Waals surface area contributed by atoms with E-state index in [0.29, 0.717) is 5.56 Å². The maximum absolute atomic E-state index is 11.1. The number of rotatable bonds is 3. The fourth-order valence-electron chi connectivity index (χ4n) is 3.89. The quantitative estimate of drug-likeness (QED) is 0.794. The number of piperidine rings is 1. The van der Waals surface area contributed by atoms with Gasteiger partial charge in [-0.3, -0.25) is 9.69 Å². The number of nitrogens with zero attached hydrogens (tertiary/aromatic N) is 2. The third kappa shape index (κ3) is 3.13. The van der Waals surface area contributed by atoms with Crippen LogP contribution in [0.5, 0.6) is 0 Å². The first-order chi connectivity index (χ1) is 12.2. The smallest absolute Gasteiger partial charge is 0.160 e. The molecule has 2 aliphatic rings. The maximum Gasteiger partial charge on any atom is 0.160 e. The van der Waals surface area contributed by atoms with Crippen molar-refractivity contribution in [2.24, 2.45) is 0 Å². The van der Waals surface area contributed by atoms with E-state index in [1.807, 2.05) is 30.3 Å². The number of thiophene rings is 1. The number of fused-ring (bicyclic) bond motifs is 2. The lowest BCUT2D eigenvalue weighted by atomic mass is 9.85. The highest BCUT2D eigenvalue weighted by Crippen LogP contribution is 2.45. The lowest BCUT2D eigenvalue weighted by Crippen LogP contribution is -2.45. The molecule has 0 atom stereocenters. The van der Waals surface area contributed by atoms with Gasteiger partial charge in [0.2, 0.25) is 0 Å². The largest absolute Gasteiger partial charge is 0.369 e. The SMILES string of the molecule is N#Cc1ccc(CN2CCC3(CC2)OCCc2cc(C=O)sc23)cc1. The predicted octanol–water partition coefficient (Wildman–Crippen LogP) is 3.50. The van der Waals surface area contributed by atoms with Crippen molar-refractivity contribution in [3.8, 4) is 6.07 Å². The van der Waals surface area contributed by atoms with Crippen LogP contribution in [0.25, 0.3) is 0 Å². The molecular formula is C20H20N2O2S. The summed E-state index contributed by atoms with van der Waals surface area (Å²) in [7, 11) is 0. The first-order valence-electron chi connectivity index (χ1n) is 8.66. The molecular weight excluding hydrogens is 332 g/mol. The Morgan fingerprint density at radius 1 is 1.28 bits per heavy atom. The molecule has 0 bridgehead atoms. The van der Waals surface area contributed by atoms with Gasteiger partial charge in [-0.25, -0.2) is 0 Å². The first-order valence-corrected chi connectivity index (χ1v) is 9.48. The minimum Gasteiger partial charge on any atom is -0.369 e. The minimum absolute atomic E-state index is 0.194. The van der Waals surface area contributed by atoms with Crippen molar-refractivity contribution in [2.45, 2.75) is 31.4 Å². The van der Waals surface area contributed by atoms with Gasteiger partial charge < -0.3 is 4.74 Å². The van der Waals surface area contributed by atoms with Crippen molar-refractivity contribution in [3.63, 3.8) is 0 Å². The Balaban J connectivity index is 1.45. The van der Waals surface area contributed by atoms with Crippen molar-refractivity contribution in [1.82, 2.24) is 4.90 Å². The number of ether oxygens (including phenoxy) is 1. The zero-order valence-electron chi connectivity index (χ0n) is 14.0. The number of nitriles is 1. The Hall–Kier alpha value is -2.00. The monoisotopic (exact) mass is 352 g/mol. The van der Waals surface area contributed by atoms with Gasteiger partial charge in [0, 0.05) is 24.5 Å². The molecule has 2 aliphatic heterocycles. The summed E-state index contributed by atoms with van der Waals surface area (Å²) in [6.07, 6.45) is 3.80. The molecule has 5 heteroatoms. The zero-order valence-corrected chi connectivity index (χ0v) is 14.8. The number of hydrogen-bond donors (Lipinski definition) is 0. The average Bonchev–Trinajstić information content (AvgIpc) is 3.09. The molecule has 0 saturated carbocycles. The Labute approximate surface area is 151 Å². The molecule has 2 aromatic rings. The van der Waals surface area contributed by atoms with Gasteiger partial charge in [-0.1, -0.05) is 12.1 Å². The Bertz CT molecular complexity index is 811. The van der Waals surface area contributed by atoms with Crippen LogP contribution in [0.3, 0.4) is 0 Å². The van der Waals surface area contributed by atoms with Crippen LogP contribution in [-0.4, -0.2) is 30.9 Å². The molecule has 1 aromatic carbocycles. The molecule has 1 spiro atoms. The standard InChI is InChI=1S/C20H20N2O2S/c21-12-15-1-3-16(4-2-15)13-22-8-6-20(7-9-22)19-17(5-10-24-20)11-18(14-23)25-19/h1-4,11,14H,5-10,13H2. The van der Waals surface area contributed by atoms with Crippen LogP contribution in [0.4, 0.5) is 0 Å². The third-order valence-electron chi connectivity index (χ3n) is 5.26. The second-order valence-electron chi connectivity index (χ2n) is 6.80. The molecule has 1 aromatic heterocycles. The van der Waals surface area contributed by atoms with Gasteiger partial charge in [-0.15, -0.1) is 11.3 Å². The van der Waals surface area contributed by atoms with Gasteiger partial charge in [-0.2, -0.15) is 5.26 Å². The zero-order chi connectivity index (χ0) is 17.3. The highest BCUT2D eigenvalue weighted by molar-refractivity contribution is 7.14. The van der Waals surface area contributed by atoms with Crippen molar-refractivity contribution < 1.29 is 9.53 Å². The molecule has 128 valence electrons. The summed E-state index contributed by atoms with van der Waals surface area (Å²) in [5.41, 5.74) is 3.05. The van der Waals surface area contributed by atoms with E-state index in [-0.39, 0.29) is 5.60 Å². The molecule has 1 fully saturated rings. The van der Waals surface area contributed by atoms with Crippen LogP contribution in [-0.2, 0) is 23.3 Å². The predicted molar refractivity (Wildman–Crippen MR) is 96.7 cm³/mol. The van der Waals surface area contributed by atoms with Crippen molar-refractivity contribution in [3.05, 3.63) is 56.8 Å². The summed E-state index contributed by atoms with van der Waals surface area (Å²) in [5.74, 6) is 0. The van der Waals surface area contributed by atoms with E-state index in [1.54, 1.807) is 11.3 Å². The normalized spacial score (nSPS) is 19.3. The molecule has 3 heterocycles. The molecule has 0 aliphatic carbocycles. The number of hydrogen-bond acceptors (Lipinski definition) is 5. The number of carbonyl (C=O) groups is 1. The fraction of sp³-hybridized carbons (Fsp3) is 0.400. The van der Waals surface area contributed by atoms with Crippen molar-refractivity contribution in [2.75, 3.05) is 19.7 Å². The topological polar surface area (TPSA) is 53.3 Å². The van der Waals surface area contributed by atoms with E-state index in [9.17, 15) is 4.79 Å². The number of carbonyl (C=O) groups excluding carboxylic acids is 1. The Morgan fingerprint density at radius 3 is 2.72 bits per heavy atom. The van der Waals surface area contributed by atoms with Gasteiger partial charge in [0.25, 0.3) is 0 Å². The lowest BCUT2D eigenvalue weighted by Gasteiger charge is -2.43. The van der Waals surface area contributed by atoms with Crippen molar-refractivity contribution >= 4 is 17.6 Å². The minimum atomic E-state index is -0.194. The summed E-state index contributed by atoms with van der Waals surface area (Å²) >= 11 is 1.61. The Kier molecular flexibility index (Phi) is 4.43. The molecule has 0 radical (unpaired) electrons. The second kappa shape index (κ2) is 6.72. The maximum atomic E-state index is 11.1. The van der Waals surface area contributed by atoms with E-state index >= 15 is 0 Å². The van der Waals surface area contributed by atoms with Crippen LogP contribution >= 0.6 is 11.3 Å². The van der Waals surface area contributed by atoms with E-state index in [1.165, 1.54) is 16.0 Å². The van der Waals surface area contributed by atoms with Crippen LogP contribution in [0.15, 0.2) is 30.3 Å².